The molecule has 2 aromatic rings. The summed E-state index contributed by atoms with van der Waals surface area (Å²) in [7, 11) is 0. The Hall–Kier alpha value is -4.02. The molecular formula is C26H23FN6O3. The Balaban J connectivity index is 1.39. The average Bonchev–Trinajstić information content (AvgIpc) is 3.07. The van der Waals surface area contributed by atoms with Gasteiger partial charge in [0.05, 0.1) is 36.3 Å². The van der Waals surface area contributed by atoms with Crippen LogP contribution in [0.3, 0.4) is 0 Å². The van der Waals surface area contributed by atoms with Crippen LogP contribution in [-0.4, -0.2) is 45.6 Å². The number of carbonyl (C=O) groups excluding carboxylic acids is 1. The van der Waals surface area contributed by atoms with E-state index < -0.39 is 18.3 Å². The van der Waals surface area contributed by atoms with Gasteiger partial charge in [0, 0.05) is 11.6 Å². The smallest absolute Gasteiger partial charge is 0.275 e. The Kier molecular flexibility index (Phi) is 4.83. The number of ether oxygens (including phenoxy) is 2. The number of halogens is 1. The van der Waals surface area contributed by atoms with Crippen molar-refractivity contribution < 1.29 is 18.7 Å². The van der Waals surface area contributed by atoms with Crippen molar-refractivity contribution in [1.29, 1.82) is 10.5 Å². The summed E-state index contributed by atoms with van der Waals surface area (Å²) in [6, 6.07) is 8.14. The zero-order valence-electron chi connectivity index (χ0n) is 19.8. The first kappa shape index (κ1) is 22.4. The number of aryl methyl sites for hydroxylation is 2. The molecule has 0 radical (unpaired) electrons. The minimum absolute atomic E-state index is 0.0886. The third-order valence-electron chi connectivity index (χ3n) is 7.41. The Bertz CT molecular complexity index is 1380. The second kappa shape index (κ2) is 7.74. The lowest BCUT2D eigenvalue weighted by atomic mass is 9.40. The Morgan fingerprint density at radius 2 is 1.97 bits per heavy atom. The summed E-state index contributed by atoms with van der Waals surface area (Å²) in [6.07, 6.45) is 3.14. The van der Waals surface area contributed by atoms with E-state index in [9.17, 15) is 14.4 Å². The molecule has 3 saturated carbocycles. The Morgan fingerprint density at radius 3 is 2.64 bits per heavy atom. The molecule has 182 valence electrons. The van der Waals surface area contributed by atoms with Crippen LogP contribution in [0.15, 0.2) is 18.2 Å². The van der Waals surface area contributed by atoms with E-state index in [2.05, 4.69) is 21.4 Å². The molecule has 7 rings (SSSR count). The van der Waals surface area contributed by atoms with E-state index in [0.29, 0.717) is 30.6 Å². The fraction of sp³-hybridized carbons (Fsp3) is 0.423. The van der Waals surface area contributed by atoms with Crippen LogP contribution in [0.5, 0.6) is 11.6 Å². The summed E-state index contributed by atoms with van der Waals surface area (Å²) in [5.41, 5.74) is 2.49. The molecule has 1 aromatic heterocycles. The maximum absolute atomic E-state index is 14.1. The summed E-state index contributed by atoms with van der Waals surface area (Å²) < 4.78 is 26.1. The highest BCUT2D eigenvalue weighted by Crippen LogP contribution is 2.67. The third-order valence-corrected chi connectivity index (χ3v) is 7.41. The number of hydrogen-bond acceptors (Lipinski definition) is 8. The highest BCUT2D eigenvalue weighted by atomic mass is 19.1. The number of carbonyl (C=O) groups is 1. The molecular weight excluding hydrogens is 463 g/mol. The molecule has 0 spiro atoms. The van der Waals surface area contributed by atoms with Crippen LogP contribution in [0.1, 0.15) is 58.2 Å². The van der Waals surface area contributed by atoms with Gasteiger partial charge in [-0.2, -0.15) is 15.5 Å². The monoisotopic (exact) mass is 486 g/mol. The summed E-state index contributed by atoms with van der Waals surface area (Å²) in [6.45, 7) is 3.55. The number of amides is 1. The zero-order chi connectivity index (χ0) is 25.2. The topological polar surface area (TPSA) is 124 Å². The van der Waals surface area contributed by atoms with Gasteiger partial charge in [-0.05, 0) is 68.0 Å². The molecule has 3 heterocycles. The molecule has 36 heavy (non-hydrogen) atoms. The van der Waals surface area contributed by atoms with Crippen molar-refractivity contribution in [2.75, 3.05) is 18.5 Å². The number of fused-ring (bicyclic) bond motifs is 3. The standard InChI is InChI=1S/C26H23FN6O3/c1-14-6-16(4-3-5-28)7-15(2)20(14)36-21-18-19(22(34)33-8-17(27)9-35-23(18)33)30-24(31-21)32-26-10-25(11-26,12-26)13-29/h3-4,6-7,17,23H,8-12H2,1-2H3,(H,30,31,32)/b4-3+/t17-,23+,25?,26?/m1/s1. The first-order valence-corrected chi connectivity index (χ1v) is 11.8. The van der Waals surface area contributed by atoms with Crippen molar-refractivity contribution in [2.45, 2.75) is 51.0 Å². The largest absolute Gasteiger partial charge is 0.438 e. The first-order chi connectivity index (χ1) is 17.3. The van der Waals surface area contributed by atoms with Gasteiger partial charge in [0.25, 0.3) is 5.91 Å². The number of anilines is 1. The number of nitrogens with one attached hydrogen (secondary N) is 1. The first-order valence-electron chi connectivity index (χ1n) is 11.8. The van der Waals surface area contributed by atoms with E-state index in [4.69, 9.17) is 14.7 Å². The zero-order valence-corrected chi connectivity index (χ0v) is 19.8. The second-order valence-electron chi connectivity index (χ2n) is 10.2. The summed E-state index contributed by atoms with van der Waals surface area (Å²) in [5, 5.41) is 21.5. The lowest BCUT2D eigenvalue weighted by Crippen LogP contribution is -2.70. The van der Waals surface area contributed by atoms with E-state index in [-0.39, 0.29) is 41.6 Å². The summed E-state index contributed by atoms with van der Waals surface area (Å²) in [4.78, 5) is 23.7. The fourth-order valence-electron chi connectivity index (χ4n) is 5.93. The molecule has 9 nitrogen and oxygen atoms in total. The van der Waals surface area contributed by atoms with Crippen LogP contribution in [-0.2, 0) is 4.74 Å². The highest BCUT2D eigenvalue weighted by Gasteiger charge is 2.69. The predicted molar refractivity (Wildman–Crippen MR) is 126 cm³/mol. The number of rotatable bonds is 5. The van der Waals surface area contributed by atoms with E-state index >= 15 is 0 Å². The maximum atomic E-state index is 14.1. The molecule has 5 aliphatic rings. The van der Waals surface area contributed by atoms with Gasteiger partial charge >= 0.3 is 0 Å². The molecule has 0 unspecified atom stereocenters. The number of nitrogens with zero attached hydrogens (tertiary/aromatic N) is 5. The van der Waals surface area contributed by atoms with E-state index in [0.717, 1.165) is 16.7 Å². The van der Waals surface area contributed by atoms with Gasteiger partial charge in [-0.25, -0.2) is 9.37 Å². The van der Waals surface area contributed by atoms with Gasteiger partial charge < -0.3 is 19.7 Å². The number of alkyl halides is 1. The van der Waals surface area contributed by atoms with E-state index in [1.54, 1.807) is 6.08 Å². The maximum Gasteiger partial charge on any atom is 0.275 e. The molecule has 2 atom stereocenters. The molecule has 10 heteroatoms. The molecule has 2 aliphatic heterocycles. The quantitative estimate of drug-likeness (QED) is 0.627. The number of aromatic nitrogens is 2. The number of benzene rings is 1. The van der Waals surface area contributed by atoms with Gasteiger partial charge in [-0.3, -0.25) is 4.79 Å². The number of allylic oxidation sites excluding steroid dienone is 1. The molecule has 1 amide bonds. The molecule has 1 saturated heterocycles. The van der Waals surface area contributed by atoms with E-state index in [1.807, 2.05) is 32.0 Å². The summed E-state index contributed by atoms with van der Waals surface area (Å²) >= 11 is 0. The van der Waals surface area contributed by atoms with Crippen molar-refractivity contribution in [1.82, 2.24) is 14.9 Å². The lowest BCUT2D eigenvalue weighted by Gasteiger charge is -2.66. The van der Waals surface area contributed by atoms with Crippen molar-refractivity contribution in [2.24, 2.45) is 5.41 Å². The van der Waals surface area contributed by atoms with Crippen LogP contribution in [0.4, 0.5) is 10.3 Å². The van der Waals surface area contributed by atoms with Crippen LogP contribution < -0.4 is 10.1 Å². The van der Waals surface area contributed by atoms with Gasteiger partial charge in [0.15, 0.2) is 6.23 Å². The average molecular weight is 487 g/mol. The normalized spacial score (nSPS) is 29.5. The molecule has 4 fully saturated rings. The Morgan fingerprint density at radius 1 is 1.25 bits per heavy atom. The number of hydrogen-bond donors (Lipinski definition) is 1. The second-order valence-corrected chi connectivity index (χ2v) is 10.2. The van der Waals surface area contributed by atoms with Crippen LogP contribution in [0.2, 0.25) is 0 Å². The van der Waals surface area contributed by atoms with Crippen molar-refractivity contribution in [3.05, 3.63) is 46.2 Å². The predicted octanol–water partition coefficient (Wildman–Crippen LogP) is 4.10. The van der Waals surface area contributed by atoms with Crippen molar-refractivity contribution in [3.8, 4) is 23.8 Å². The van der Waals surface area contributed by atoms with Gasteiger partial charge in [0.1, 0.15) is 17.6 Å². The minimum atomic E-state index is -1.28. The van der Waals surface area contributed by atoms with Crippen LogP contribution in [0.25, 0.3) is 6.08 Å². The third kappa shape index (κ3) is 3.33. The SMILES string of the molecule is Cc1cc(/C=C/C#N)cc(C)c1Oc1nc(NC23CC(C#N)(C2)C3)nc2c1[C@@H]1OC[C@H](F)CN1C2=O. The lowest BCUT2D eigenvalue weighted by molar-refractivity contribution is -0.103. The number of nitriles is 2. The van der Waals surface area contributed by atoms with Crippen LogP contribution in [0, 0.1) is 41.9 Å². The molecule has 2 bridgehead atoms. The van der Waals surface area contributed by atoms with E-state index in [1.165, 1.54) is 11.0 Å². The molecule has 1 aromatic carbocycles. The Labute approximate surface area is 207 Å². The molecule has 1 N–H and O–H groups in total. The minimum Gasteiger partial charge on any atom is -0.438 e. The fourth-order valence-corrected chi connectivity index (χ4v) is 5.93. The van der Waals surface area contributed by atoms with Gasteiger partial charge in [-0.1, -0.05) is 0 Å². The molecule has 3 aliphatic carbocycles. The van der Waals surface area contributed by atoms with Crippen LogP contribution >= 0.6 is 0 Å². The van der Waals surface area contributed by atoms with Crippen molar-refractivity contribution >= 4 is 17.9 Å². The summed E-state index contributed by atoms with van der Waals surface area (Å²) in [5.74, 6) is 0.553. The van der Waals surface area contributed by atoms with Gasteiger partial charge in [0.2, 0.25) is 11.8 Å². The highest BCUT2D eigenvalue weighted by molar-refractivity contribution is 5.98. The van der Waals surface area contributed by atoms with Crippen molar-refractivity contribution in [3.63, 3.8) is 0 Å². The van der Waals surface area contributed by atoms with Gasteiger partial charge in [-0.15, -0.1) is 0 Å².